The third-order valence-corrected chi connectivity index (χ3v) is 1.20. The quantitative estimate of drug-likeness (QED) is 0.642. The molecular formula is C6H6F2N2O2. The number of aryl methyl sites for hydroxylation is 1. The number of nitrogens with zero attached hydrogens (tertiary/aromatic N) is 2. The Morgan fingerprint density at radius 1 is 1.75 bits per heavy atom. The molecule has 0 saturated carbocycles. The van der Waals surface area contributed by atoms with Crippen molar-refractivity contribution in [2.45, 2.75) is 6.43 Å². The molecule has 66 valence electrons. The molecule has 1 heterocycles. The highest BCUT2D eigenvalue weighted by Gasteiger charge is 2.18. The molecule has 0 aliphatic rings. The molecule has 0 spiro atoms. The van der Waals surface area contributed by atoms with Crippen molar-refractivity contribution in [3.8, 4) is 5.75 Å². The van der Waals surface area contributed by atoms with Crippen LogP contribution in [0.2, 0.25) is 0 Å². The van der Waals surface area contributed by atoms with Crippen molar-refractivity contribution in [3.05, 3.63) is 11.9 Å². The standard InChI is InChI=1S/C6H6F2N2O2/c1-10-2-4(12-3-11)5(9-10)6(7)8/h2-3,6H,1H3. The molecule has 0 aliphatic carbocycles. The van der Waals surface area contributed by atoms with E-state index in [4.69, 9.17) is 0 Å². The molecule has 0 amide bonds. The van der Waals surface area contributed by atoms with Gasteiger partial charge in [0.1, 0.15) is 0 Å². The van der Waals surface area contributed by atoms with Crippen molar-refractivity contribution in [3.63, 3.8) is 0 Å². The molecule has 0 fully saturated rings. The van der Waals surface area contributed by atoms with Crippen molar-refractivity contribution >= 4 is 6.47 Å². The third kappa shape index (κ3) is 1.58. The fourth-order valence-corrected chi connectivity index (χ4v) is 0.778. The van der Waals surface area contributed by atoms with E-state index >= 15 is 0 Å². The van der Waals surface area contributed by atoms with E-state index in [1.807, 2.05) is 0 Å². The van der Waals surface area contributed by atoms with Crippen LogP contribution in [-0.4, -0.2) is 16.3 Å². The summed E-state index contributed by atoms with van der Waals surface area (Å²) in [6, 6.07) is 0. The molecule has 1 aromatic rings. The molecule has 0 saturated heterocycles. The highest BCUT2D eigenvalue weighted by atomic mass is 19.3. The first-order valence-corrected chi connectivity index (χ1v) is 3.07. The Morgan fingerprint density at radius 2 is 2.42 bits per heavy atom. The number of halogens is 2. The van der Waals surface area contributed by atoms with Gasteiger partial charge in [-0.3, -0.25) is 9.48 Å². The second-order valence-electron chi connectivity index (χ2n) is 2.07. The van der Waals surface area contributed by atoms with E-state index in [2.05, 4.69) is 9.84 Å². The summed E-state index contributed by atoms with van der Waals surface area (Å²) in [4.78, 5) is 9.85. The van der Waals surface area contributed by atoms with Crippen molar-refractivity contribution in [1.29, 1.82) is 0 Å². The van der Waals surface area contributed by atoms with Crippen LogP contribution >= 0.6 is 0 Å². The zero-order valence-electron chi connectivity index (χ0n) is 6.20. The summed E-state index contributed by atoms with van der Waals surface area (Å²) in [5.74, 6) is -0.206. The number of hydrogen-bond donors (Lipinski definition) is 0. The van der Waals surface area contributed by atoms with Gasteiger partial charge in [0.15, 0.2) is 11.4 Å². The molecule has 4 nitrogen and oxygen atoms in total. The molecule has 0 aromatic carbocycles. The first-order chi connectivity index (χ1) is 5.65. The Kier molecular flexibility index (Phi) is 2.37. The van der Waals surface area contributed by atoms with Crippen LogP contribution in [0.4, 0.5) is 8.78 Å². The number of alkyl halides is 2. The lowest BCUT2D eigenvalue weighted by atomic mass is 10.4. The minimum Gasteiger partial charge on any atom is -0.425 e. The van der Waals surface area contributed by atoms with Crippen LogP contribution in [0.5, 0.6) is 5.75 Å². The van der Waals surface area contributed by atoms with E-state index in [1.54, 1.807) is 0 Å². The molecule has 12 heavy (non-hydrogen) atoms. The fourth-order valence-electron chi connectivity index (χ4n) is 0.778. The lowest BCUT2D eigenvalue weighted by Gasteiger charge is -1.95. The number of carbonyl (C=O) groups is 1. The highest BCUT2D eigenvalue weighted by Crippen LogP contribution is 2.26. The predicted molar refractivity (Wildman–Crippen MR) is 34.9 cm³/mol. The van der Waals surface area contributed by atoms with Gasteiger partial charge in [0, 0.05) is 7.05 Å². The molecule has 0 atom stereocenters. The topological polar surface area (TPSA) is 44.1 Å². The minimum atomic E-state index is -2.74. The maximum absolute atomic E-state index is 12.1. The van der Waals surface area contributed by atoms with Gasteiger partial charge in [0.25, 0.3) is 12.9 Å². The third-order valence-electron chi connectivity index (χ3n) is 1.20. The van der Waals surface area contributed by atoms with Crippen LogP contribution in [0.15, 0.2) is 6.20 Å². The van der Waals surface area contributed by atoms with Gasteiger partial charge in [-0.05, 0) is 0 Å². The number of carbonyl (C=O) groups excluding carboxylic acids is 1. The Labute approximate surface area is 66.7 Å². The Morgan fingerprint density at radius 3 is 2.92 bits per heavy atom. The fraction of sp³-hybridized carbons (Fsp3) is 0.333. The number of ether oxygens (including phenoxy) is 1. The molecule has 0 aliphatic heterocycles. The van der Waals surface area contributed by atoms with E-state index in [1.165, 1.54) is 13.2 Å². The Bertz CT molecular complexity index is 285. The molecule has 0 unspecified atom stereocenters. The maximum Gasteiger partial charge on any atom is 0.298 e. The van der Waals surface area contributed by atoms with Crippen LogP contribution in [0.1, 0.15) is 12.1 Å². The van der Waals surface area contributed by atoms with Crippen LogP contribution in [0, 0.1) is 0 Å². The zero-order valence-corrected chi connectivity index (χ0v) is 6.20. The summed E-state index contributed by atoms with van der Waals surface area (Å²) in [6.45, 7) is 0.0862. The monoisotopic (exact) mass is 176 g/mol. The number of hydrogen-bond acceptors (Lipinski definition) is 3. The number of aromatic nitrogens is 2. The van der Waals surface area contributed by atoms with Crippen LogP contribution in [0.3, 0.4) is 0 Å². The highest BCUT2D eigenvalue weighted by molar-refractivity contribution is 5.46. The van der Waals surface area contributed by atoms with E-state index in [-0.39, 0.29) is 12.2 Å². The maximum atomic E-state index is 12.1. The predicted octanol–water partition coefficient (Wildman–Crippen LogP) is 0.893. The van der Waals surface area contributed by atoms with Crippen molar-refractivity contribution in [2.24, 2.45) is 7.05 Å². The normalized spacial score (nSPS) is 10.3. The largest absolute Gasteiger partial charge is 0.425 e. The Balaban J connectivity index is 2.99. The minimum absolute atomic E-state index is 0.0862. The SMILES string of the molecule is Cn1cc(OC=O)c(C(F)F)n1. The molecule has 0 radical (unpaired) electrons. The van der Waals surface area contributed by atoms with Crippen molar-refractivity contribution < 1.29 is 18.3 Å². The molecule has 0 bridgehead atoms. The molecule has 6 heteroatoms. The van der Waals surface area contributed by atoms with E-state index in [0.717, 1.165) is 4.68 Å². The average molecular weight is 176 g/mol. The lowest BCUT2D eigenvalue weighted by molar-refractivity contribution is -0.120. The zero-order chi connectivity index (χ0) is 9.14. The van der Waals surface area contributed by atoms with Gasteiger partial charge >= 0.3 is 0 Å². The molecule has 1 rings (SSSR count). The molecule has 1 aromatic heterocycles. The van der Waals surface area contributed by atoms with E-state index in [0.29, 0.717) is 0 Å². The Hall–Kier alpha value is -1.46. The van der Waals surface area contributed by atoms with Gasteiger partial charge in [0.2, 0.25) is 0 Å². The van der Waals surface area contributed by atoms with Crippen LogP contribution < -0.4 is 4.74 Å². The first-order valence-electron chi connectivity index (χ1n) is 3.07. The first kappa shape index (κ1) is 8.63. The summed E-state index contributed by atoms with van der Waals surface area (Å²) < 4.78 is 29.6. The lowest BCUT2D eigenvalue weighted by Crippen LogP contribution is -1.93. The van der Waals surface area contributed by atoms with Crippen LogP contribution in [0.25, 0.3) is 0 Å². The molecular weight excluding hydrogens is 170 g/mol. The van der Waals surface area contributed by atoms with Gasteiger partial charge < -0.3 is 4.74 Å². The second-order valence-corrected chi connectivity index (χ2v) is 2.07. The summed E-state index contributed by atoms with van der Waals surface area (Å²) >= 11 is 0. The summed E-state index contributed by atoms with van der Waals surface area (Å²) in [5.41, 5.74) is -0.524. The van der Waals surface area contributed by atoms with Gasteiger partial charge in [-0.25, -0.2) is 8.78 Å². The van der Waals surface area contributed by atoms with Crippen LogP contribution in [-0.2, 0) is 11.8 Å². The van der Waals surface area contributed by atoms with E-state index < -0.39 is 12.1 Å². The van der Waals surface area contributed by atoms with E-state index in [9.17, 15) is 13.6 Å². The van der Waals surface area contributed by atoms with Crippen molar-refractivity contribution in [1.82, 2.24) is 9.78 Å². The van der Waals surface area contributed by atoms with Gasteiger partial charge in [-0.2, -0.15) is 5.10 Å². The second kappa shape index (κ2) is 3.29. The van der Waals surface area contributed by atoms with Gasteiger partial charge in [0.05, 0.1) is 6.20 Å². The summed E-state index contributed by atoms with van der Waals surface area (Å²) in [5, 5.41) is 3.41. The average Bonchev–Trinajstić information content (AvgIpc) is 2.32. The smallest absolute Gasteiger partial charge is 0.298 e. The summed E-state index contributed by atoms with van der Waals surface area (Å²) in [7, 11) is 1.46. The molecule has 0 N–H and O–H groups in total. The van der Waals surface area contributed by atoms with Gasteiger partial charge in [-0.1, -0.05) is 0 Å². The summed E-state index contributed by atoms with van der Waals surface area (Å²) in [6.07, 6.45) is -1.53. The number of rotatable bonds is 3. The van der Waals surface area contributed by atoms with Gasteiger partial charge in [-0.15, -0.1) is 0 Å². The van der Waals surface area contributed by atoms with Crippen molar-refractivity contribution in [2.75, 3.05) is 0 Å².